The van der Waals surface area contributed by atoms with Crippen LogP contribution in [0.2, 0.25) is 0 Å². The molecule has 1 aromatic carbocycles. The highest BCUT2D eigenvalue weighted by Gasteiger charge is 2.28. The van der Waals surface area contributed by atoms with Gasteiger partial charge < -0.3 is 9.47 Å². The van der Waals surface area contributed by atoms with E-state index < -0.39 is 20.5 Å². The Morgan fingerprint density at radius 3 is 2.11 bits per heavy atom. The SMILES string of the molecule is COc1cc(Br)c(C(Cl)C(C)S(C)(=O)=O)cc1OC. The van der Waals surface area contributed by atoms with Gasteiger partial charge >= 0.3 is 0 Å². The molecular weight excluding hydrogens is 356 g/mol. The van der Waals surface area contributed by atoms with Crippen LogP contribution in [0.15, 0.2) is 16.6 Å². The van der Waals surface area contributed by atoms with Crippen molar-refractivity contribution in [2.24, 2.45) is 0 Å². The predicted molar refractivity (Wildman–Crippen MR) is 80.1 cm³/mol. The van der Waals surface area contributed by atoms with Gasteiger partial charge in [-0.1, -0.05) is 15.9 Å². The van der Waals surface area contributed by atoms with Crippen LogP contribution in [0.4, 0.5) is 0 Å². The predicted octanol–water partition coefficient (Wildman–Crippen LogP) is 3.18. The molecule has 0 aromatic heterocycles. The molecule has 0 amide bonds. The first-order chi connectivity index (χ1) is 8.72. The second-order valence-electron chi connectivity index (χ2n) is 4.17. The second-order valence-corrected chi connectivity index (χ2v) is 7.89. The fourth-order valence-corrected chi connectivity index (χ4v) is 3.57. The van der Waals surface area contributed by atoms with Crippen molar-refractivity contribution in [3.63, 3.8) is 0 Å². The normalized spacial score (nSPS) is 14.8. The molecule has 0 aliphatic carbocycles. The van der Waals surface area contributed by atoms with Crippen LogP contribution in [-0.4, -0.2) is 34.1 Å². The molecule has 0 heterocycles. The molecule has 0 aliphatic heterocycles. The molecule has 1 aromatic rings. The molecule has 108 valence electrons. The van der Waals surface area contributed by atoms with Gasteiger partial charge in [0.25, 0.3) is 0 Å². The van der Waals surface area contributed by atoms with E-state index in [0.29, 0.717) is 21.5 Å². The Hall–Kier alpha value is -0.460. The highest BCUT2D eigenvalue weighted by molar-refractivity contribution is 9.10. The van der Waals surface area contributed by atoms with E-state index in [1.807, 2.05) is 0 Å². The number of rotatable bonds is 5. The number of alkyl halides is 1. The van der Waals surface area contributed by atoms with Gasteiger partial charge in [0, 0.05) is 10.7 Å². The Balaban J connectivity index is 3.28. The molecule has 0 spiro atoms. The molecule has 0 bridgehead atoms. The third-order valence-electron chi connectivity index (χ3n) is 2.89. The largest absolute Gasteiger partial charge is 0.493 e. The van der Waals surface area contributed by atoms with E-state index in [1.165, 1.54) is 20.5 Å². The van der Waals surface area contributed by atoms with Crippen LogP contribution in [0.5, 0.6) is 11.5 Å². The third-order valence-corrected chi connectivity index (χ3v) is 5.96. The van der Waals surface area contributed by atoms with Gasteiger partial charge in [-0.2, -0.15) is 0 Å². The zero-order chi connectivity index (χ0) is 14.8. The zero-order valence-electron chi connectivity index (χ0n) is 11.1. The maximum atomic E-state index is 11.6. The van der Waals surface area contributed by atoms with Gasteiger partial charge in [-0.15, -0.1) is 11.6 Å². The monoisotopic (exact) mass is 370 g/mol. The topological polar surface area (TPSA) is 52.6 Å². The van der Waals surface area contributed by atoms with E-state index in [4.69, 9.17) is 21.1 Å². The molecule has 2 unspecified atom stereocenters. The molecular formula is C12H16BrClO4S. The lowest BCUT2D eigenvalue weighted by molar-refractivity contribution is 0.354. The van der Waals surface area contributed by atoms with Gasteiger partial charge in [0.1, 0.15) is 0 Å². The van der Waals surface area contributed by atoms with Crippen molar-refractivity contribution in [1.29, 1.82) is 0 Å². The van der Waals surface area contributed by atoms with Gasteiger partial charge in [-0.05, 0) is 24.6 Å². The summed E-state index contributed by atoms with van der Waals surface area (Å²) in [4.78, 5) is 0. The molecule has 0 saturated carbocycles. The van der Waals surface area contributed by atoms with Crippen LogP contribution in [0, 0.1) is 0 Å². The number of hydrogen-bond donors (Lipinski definition) is 0. The highest BCUT2D eigenvalue weighted by atomic mass is 79.9. The summed E-state index contributed by atoms with van der Waals surface area (Å²) in [7, 11) is -0.185. The second kappa shape index (κ2) is 6.33. The number of hydrogen-bond acceptors (Lipinski definition) is 4. The molecule has 4 nitrogen and oxygen atoms in total. The fourth-order valence-electron chi connectivity index (χ4n) is 1.55. The Morgan fingerprint density at radius 1 is 1.21 bits per heavy atom. The van der Waals surface area contributed by atoms with Crippen molar-refractivity contribution in [2.45, 2.75) is 17.6 Å². The van der Waals surface area contributed by atoms with Gasteiger partial charge in [0.05, 0.1) is 24.8 Å². The van der Waals surface area contributed by atoms with E-state index in [0.717, 1.165) is 0 Å². The van der Waals surface area contributed by atoms with E-state index in [1.54, 1.807) is 19.1 Å². The average Bonchev–Trinajstić information content (AvgIpc) is 2.35. The first-order valence-corrected chi connectivity index (χ1v) is 8.65. The van der Waals surface area contributed by atoms with Crippen LogP contribution in [-0.2, 0) is 9.84 Å². The highest BCUT2D eigenvalue weighted by Crippen LogP contribution is 2.40. The molecule has 1 rings (SSSR count). The van der Waals surface area contributed by atoms with E-state index in [2.05, 4.69) is 15.9 Å². The molecule has 0 N–H and O–H groups in total. The summed E-state index contributed by atoms with van der Waals surface area (Å²) in [6.07, 6.45) is 1.17. The quantitative estimate of drug-likeness (QED) is 0.746. The summed E-state index contributed by atoms with van der Waals surface area (Å²) in [6, 6.07) is 3.39. The molecule has 19 heavy (non-hydrogen) atoms. The smallest absolute Gasteiger partial charge is 0.161 e. The zero-order valence-corrected chi connectivity index (χ0v) is 14.3. The van der Waals surface area contributed by atoms with Crippen molar-refractivity contribution in [3.8, 4) is 11.5 Å². The Bertz CT molecular complexity index is 559. The molecule has 0 fully saturated rings. The lowest BCUT2D eigenvalue weighted by Gasteiger charge is -2.19. The third kappa shape index (κ3) is 3.77. The first kappa shape index (κ1) is 16.6. The number of methoxy groups -OCH3 is 2. The van der Waals surface area contributed by atoms with Crippen molar-refractivity contribution in [1.82, 2.24) is 0 Å². The van der Waals surface area contributed by atoms with Gasteiger partial charge in [0.2, 0.25) is 0 Å². The minimum absolute atomic E-state index is 0.507. The van der Waals surface area contributed by atoms with Gasteiger partial charge in [-0.25, -0.2) is 8.42 Å². The van der Waals surface area contributed by atoms with Crippen LogP contribution in [0.1, 0.15) is 17.9 Å². The molecule has 7 heteroatoms. The summed E-state index contributed by atoms with van der Waals surface area (Å²) in [5.74, 6) is 1.06. The van der Waals surface area contributed by atoms with Crippen molar-refractivity contribution in [3.05, 3.63) is 22.2 Å². The number of ether oxygens (including phenoxy) is 2. The minimum Gasteiger partial charge on any atom is -0.493 e. The number of halogens is 2. The lowest BCUT2D eigenvalue weighted by atomic mass is 10.1. The van der Waals surface area contributed by atoms with Gasteiger partial charge in [0.15, 0.2) is 21.3 Å². The van der Waals surface area contributed by atoms with Crippen LogP contribution < -0.4 is 9.47 Å². The first-order valence-electron chi connectivity index (χ1n) is 5.46. The molecule has 0 saturated heterocycles. The maximum Gasteiger partial charge on any atom is 0.161 e. The van der Waals surface area contributed by atoms with Crippen LogP contribution >= 0.6 is 27.5 Å². The fraction of sp³-hybridized carbons (Fsp3) is 0.500. The molecule has 0 aliphatic rings. The van der Waals surface area contributed by atoms with Crippen molar-refractivity contribution < 1.29 is 17.9 Å². The molecule has 0 radical (unpaired) electrons. The van der Waals surface area contributed by atoms with Crippen LogP contribution in [0.3, 0.4) is 0 Å². The molecule has 2 atom stereocenters. The number of benzene rings is 1. The summed E-state index contributed by atoms with van der Waals surface area (Å²) < 4.78 is 34.2. The Labute approximate surface area is 127 Å². The number of sulfone groups is 1. The van der Waals surface area contributed by atoms with E-state index in [-0.39, 0.29) is 0 Å². The lowest BCUT2D eigenvalue weighted by Crippen LogP contribution is -2.21. The average molecular weight is 372 g/mol. The minimum atomic E-state index is -3.23. The van der Waals surface area contributed by atoms with Crippen molar-refractivity contribution >= 4 is 37.4 Å². The summed E-state index contributed by atoms with van der Waals surface area (Å²) >= 11 is 9.64. The van der Waals surface area contributed by atoms with E-state index >= 15 is 0 Å². The Kier molecular flexibility index (Phi) is 5.53. The van der Waals surface area contributed by atoms with Gasteiger partial charge in [-0.3, -0.25) is 0 Å². The summed E-state index contributed by atoms with van der Waals surface area (Å²) in [5, 5.41) is -1.38. The van der Waals surface area contributed by atoms with Crippen LogP contribution in [0.25, 0.3) is 0 Å². The summed E-state index contributed by atoms with van der Waals surface area (Å²) in [6.45, 7) is 1.58. The summed E-state index contributed by atoms with van der Waals surface area (Å²) in [5.41, 5.74) is 0.650. The Morgan fingerprint density at radius 2 is 1.68 bits per heavy atom. The van der Waals surface area contributed by atoms with Crippen molar-refractivity contribution in [2.75, 3.05) is 20.5 Å². The maximum absolute atomic E-state index is 11.6. The van der Waals surface area contributed by atoms with E-state index in [9.17, 15) is 8.42 Å². The standard InChI is InChI=1S/C12H16BrClO4S/c1-7(19(4,15)16)12(14)8-5-10(17-2)11(18-3)6-9(8)13/h5-7,12H,1-4H3.